The van der Waals surface area contributed by atoms with Crippen LogP contribution in [0, 0.1) is 0 Å². The van der Waals surface area contributed by atoms with Crippen LogP contribution in [0.4, 0.5) is 5.95 Å². The van der Waals surface area contributed by atoms with Gasteiger partial charge < -0.3 is 9.88 Å². The lowest BCUT2D eigenvalue weighted by Gasteiger charge is -2.22. The molecule has 0 aromatic carbocycles. The summed E-state index contributed by atoms with van der Waals surface area (Å²) in [7, 11) is 0. The van der Waals surface area contributed by atoms with Crippen molar-refractivity contribution in [1.29, 1.82) is 0 Å². The van der Waals surface area contributed by atoms with Crippen LogP contribution >= 0.6 is 0 Å². The minimum atomic E-state index is -0.130. The molecule has 0 saturated carbocycles. The van der Waals surface area contributed by atoms with Crippen molar-refractivity contribution in [2.24, 2.45) is 0 Å². The molecule has 3 rings (SSSR count). The summed E-state index contributed by atoms with van der Waals surface area (Å²) < 4.78 is 0. The zero-order valence-corrected chi connectivity index (χ0v) is 13.5. The molecule has 1 unspecified atom stereocenters. The fraction of sp³-hybridized carbons (Fsp3) is 0.438. The van der Waals surface area contributed by atoms with Crippen molar-refractivity contribution in [2.75, 3.05) is 11.9 Å². The molecule has 2 aromatic rings. The third-order valence-corrected chi connectivity index (χ3v) is 4.09. The van der Waals surface area contributed by atoms with E-state index in [2.05, 4.69) is 25.3 Å². The molecule has 2 amide bonds. The van der Waals surface area contributed by atoms with Crippen LogP contribution in [0.25, 0.3) is 0 Å². The highest BCUT2D eigenvalue weighted by molar-refractivity contribution is 5.88. The summed E-state index contributed by atoms with van der Waals surface area (Å²) in [4.78, 5) is 40.9. The van der Waals surface area contributed by atoms with Gasteiger partial charge in [-0.2, -0.15) is 0 Å². The van der Waals surface area contributed by atoms with E-state index in [0.29, 0.717) is 18.8 Å². The van der Waals surface area contributed by atoms with Crippen LogP contribution in [0.5, 0.6) is 0 Å². The van der Waals surface area contributed by atoms with Crippen LogP contribution in [-0.4, -0.2) is 43.2 Å². The van der Waals surface area contributed by atoms with Gasteiger partial charge in [-0.3, -0.25) is 24.9 Å². The number of carbonyl (C=O) groups is 2. The van der Waals surface area contributed by atoms with Gasteiger partial charge in [0.25, 0.3) is 0 Å². The first kappa shape index (κ1) is 16.1. The molecule has 1 saturated heterocycles. The lowest BCUT2D eigenvalue weighted by Crippen LogP contribution is -2.28. The van der Waals surface area contributed by atoms with Gasteiger partial charge in [-0.15, -0.1) is 0 Å². The second-order valence-electron chi connectivity index (χ2n) is 5.79. The number of likely N-dealkylation sites (tertiary alicyclic amines) is 1. The normalized spacial score (nSPS) is 17.0. The molecule has 2 aromatic heterocycles. The summed E-state index contributed by atoms with van der Waals surface area (Å²) in [6.07, 6.45) is 9.33. The molecular formula is C16H20N6O2. The number of hydrogen-bond acceptors (Lipinski definition) is 5. The van der Waals surface area contributed by atoms with Gasteiger partial charge in [0.2, 0.25) is 17.8 Å². The van der Waals surface area contributed by atoms with Crippen LogP contribution in [0.2, 0.25) is 0 Å². The van der Waals surface area contributed by atoms with E-state index in [4.69, 9.17) is 0 Å². The standard InChI is InChI=1S/C16H20N6O2/c1-11(23)22-8-2-3-14(22)13-10-19-12(9-20-13)4-5-15(24)21-16-17-6-7-18-16/h6-7,9-10,14H,2-5,8H2,1H3,(H2,17,18,21,24). The highest BCUT2D eigenvalue weighted by Crippen LogP contribution is 2.30. The molecule has 0 aliphatic carbocycles. The van der Waals surface area contributed by atoms with Crippen LogP contribution in [0.15, 0.2) is 24.8 Å². The van der Waals surface area contributed by atoms with E-state index in [1.807, 2.05) is 4.90 Å². The lowest BCUT2D eigenvalue weighted by atomic mass is 10.1. The minimum absolute atomic E-state index is 0.0197. The van der Waals surface area contributed by atoms with Gasteiger partial charge in [0, 0.05) is 38.5 Å². The maximum absolute atomic E-state index is 11.8. The smallest absolute Gasteiger partial charge is 0.227 e. The van der Waals surface area contributed by atoms with Crippen molar-refractivity contribution in [3.63, 3.8) is 0 Å². The van der Waals surface area contributed by atoms with Crippen molar-refractivity contribution in [2.45, 2.75) is 38.6 Å². The Labute approximate surface area is 139 Å². The maximum Gasteiger partial charge on any atom is 0.227 e. The Kier molecular flexibility index (Phi) is 4.83. The lowest BCUT2D eigenvalue weighted by molar-refractivity contribution is -0.129. The molecule has 0 spiro atoms. The molecule has 0 bridgehead atoms. The summed E-state index contributed by atoms with van der Waals surface area (Å²) in [6.45, 7) is 2.36. The van der Waals surface area contributed by atoms with E-state index in [1.165, 1.54) is 0 Å². The van der Waals surface area contributed by atoms with Crippen molar-refractivity contribution < 1.29 is 9.59 Å². The monoisotopic (exact) mass is 328 g/mol. The third kappa shape index (κ3) is 3.76. The van der Waals surface area contributed by atoms with Crippen LogP contribution in [-0.2, 0) is 16.0 Å². The molecule has 126 valence electrons. The summed E-state index contributed by atoms with van der Waals surface area (Å²) in [5.74, 6) is 0.374. The van der Waals surface area contributed by atoms with Crippen LogP contribution < -0.4 is 5.32 Å². The number of imidazole rings is 1. The number of H-pyrrole nitrogens is 1. The number of amides is 2. The number of aromatic amines is 1. The molecule has 1 aliphatic heterocycles. The Morgan fingerprint density at radius 1 is 1.33 bits per heavy atom. The minimum Gasteiger partial charge on any atom is -0.334 e. The zero-order chi connectivity index (χ0) is 16.9. The summed E-state index contributed by atoms with van der Waals surface area (Å²) in [6, 6.07) is 0.0197. The van der Waals surface area contributed by atoms with Crippen LogP contribution in [0.3, 0.4) is 0 Å². The first-order chi connectivity index (χ1) is 11.6. The average molecular weight is 328 g/mol. The number of anilines is 1. The van der Waals surface area contributed by atoms with E-state index < -0.39 is 0 Å². The average Bonchev–Trinajstić information content (AvgIpc) is 3.25. The Morgan fingerprint density at radius 2 is 2.21 bits per heavy atom. The molecule has 2 N–H and O–H groups in total. The highest BCUT2D eigenvalue weighted by atomic mass is 16.2. The largest absolute Gasteiger partial charge is 0.334 e. The fourth-order valence-electron chi connectivity index (χ4n) is 2.89. The SMILES string of the molecule is CC(=O)N1CCCC1c1cnc(CCC(=O)Nc2ncc[nH]2)cn1. The quantitative estimate of drug-likeness (QED) is 0.864. The first-order valence-corrected chi connectivity index (χ1v) is 8.01. The summed E-state index contributed by atoms with van der Waals surface area (Å²) >= 11 is 0. The number of aromatic nitrogens is 4. The predicted octanol–water partition coefficient (Wildman–Crippen LogP) is 1.45. The van der Waals surface area contributed by atoms with Crippen molar-refractivity contribution in [1.82, 2.24) is 24.8 Å². The van der Waals surface area contributed by atoms with Gasteiger partial charge in [-0.1, -0.05) is 0 Å². The van der Waals surface area contributed by atoms with Crippen molar-refractivity contribution >= 4 is 17.8 Å². The van der Waals surface area contributed by atoms with Gasteiger partial charge in [-0.05, 0) is 19.3 Å². The van der Waals surface area contributed by atoms with Gasteiger partial charge in [0.15, 0.2) is 0 Å². The number of rotatable bonds is 5. The number of carbonyl (C=O) groups excluding carboxylic acids is 2. The third-order valence-electron chi connectivity index (χ3n) is 4.09. The van der Waals surface area contributed by atoms with E-state index in [1.54, 1.807) is 31.7 Å². The van der Waals surface area contributed by atoms with Gasteiger partial charge in [0.1, 0.15) is 0 Å². The second-order valence-corrected chi connectivity index (χ2v) is 5.79. The van der Waals surface area contributed by atoms with Gasteiger partial charge >= 0.3 is 0 Å². The number of nitrogens with one attached hydrogen (secondary N) is 2. The summed E-state index contributed by atoms with van der Waals surface area (Å²) in [5, 5.41) is 2.67. The molecule has 1 fully saturated rings. The van der Waals surface area contributed by atoms with E-state index >= 15 is 0 Å². The van der Waals surface area contributed by atoms with Crippen molar-refractivity contribution in [3.8, 4) is 0 Å². The topological polar surface area (TPSA) is 104 Å². The second kappa shape index (κ2) is 7.20. The van der Waals surface area contributed by atoms with Crippen molar-refractivity contribution in [3.05, 3.63) is 36.2 Å². The number of hydrogen-bond donors (Lipinski definition) is 2. The molecule has 1 atom stereocenters. The highest BCUT2D eigenvalue weighted by Gasteiger charge is 2.28. The molecule has 8 nitrogen and oxygen atoms in total. The number of nitrogens with zero attached hydrogens (tertiary/aromatic N) is 4. The van der Waals surface area contributed by atoms with E-state index in [0.717, 1.165) is 30.8 Å². The van der Waals surface area contributed by atoms with Gasteiger partial charge in [0.05, 0.1) is 23.6 Å². The molecule has 1 aliphatic rings. The van der Waals surface area contributed by atoms with E-state index in [9.17, 15) is 9.59 Å². The Balaban J connectivity index is 1.55. The Bertz CT molecular complexity index is 698. The van der Waals surface area contributed by atoms with Gasteiger partial charge in [-0.25, -0.2) is 4.98 Å². The molecule has 0 radical (unpaired) electrons. The number of aryl methyl sites for hydroxylation is 1. The first-order valence-electron chi connectivity index (χ1n) is 8.01. The molecule has 8 heteroatoms. The molecular weight excluding hydrogens is 308 g/mol. The Morgan fingerprint density at radius 3 is 2.88 bits per heavy atom. The summed E-state index contributed by atoms with van der Waals surface area (Å²) in [5.41, 5.74) is 1.56. The van der Waals surface area contributed by atoms with E-state index in [-0.39, 0.29) is 17.9 Å². The fourth-order valence-corrected chi connectivity index (χ4v) is 2.89. The Hall–Kier alpha value is -2.77. The van der Waals surface area contributed by atoms with Crippen LogP contribution in [0.1, 0.15) is 43.6 Å². The maximum atomic E-state index is 11.8. The molecule has 3 heterocycles. The zero-order valence-electron chi connectivity index (χ0n) is 13.5. The predicted molar refractivity (Wildman–Crippen MR) is 86.9 cm³/mol. The molecule has 24 heavy (non-hydrogen) atoms.